The SMILES string of the molecule is CCNC(CCN(C)C)c1sccc1C. The lowest BCUT2D eigenvalue weighted by Gasteiger charge is -2.19. The average molecular weight is 226 g/mol. The Morgan fingerprint density at radius 2 is 2.20 bits per heavy atom. The van der Waals surface area contributed by atoms with Crippen LogP contribution in [-0.2, 0) is 0 Å². The first-order valence-corrected chi connectivity index (χ1v) is 6.45. The van der Waals surface area contributed by atoms with Crippen LogP contribution in [0.4, 0.5) is 0 Å². The summed E-state index contributed by atoms with van der Waals surface area (Å²) in [5, 5.41) is 5.75. The molecule has 1 N–H and O–H groups in total. The summed E-state index contributed by atoms with van der Waals surface area (Å²) in [5.41, 5.74) is 1.42. The van der Waals surface area contributed by atoms with Crippen molar-refractivity contribution in [3.05, 3.63) is 21.9 Å². The number of thiophene rings is 1. The zero-order valence-corrected chi connectivity index (χ0v) is 11.0. The van der Waals surface area contributed by atoms with E-state index in [1.54, 1.807) is 0 Å². The van der Waals surface area contributed by atoms with Crippen molar-refractivity contribution in [2.45, 2.75) is 26.3 Å². The summed E-state index contributed by atoms with van der Waals surface area (Å²) in [4.78, 5) is 3.74. The number of nitrogens with zero attached hydrogens (tertiary/aromatic N) is 1. The maximum atomic E-state index is 3.56. The Morgan fingerprint density at radius 3 is 2.67 bits per heavy atom. The molecule has 0 spiro atoms. The highest BCUT2D eigenvalue weighted by molar-refractivity contribution is 7.10. The molecule has 0 radical (unpaired) electrons. The molecule has 3 heteroatoms. The number of nitrogens with one attached hydrogen (secondary N) is 1. The van der Waals surface area contributed by atoms with E-state index in [0.29, 0.717) is 6.04 Å². The molecular formula is C12H22N2S. The third-order valence-corrected chi connectivity index (χ3v) is 3.67. The van der Waals surface area contributed by atoms with Gasteiger partial charge in [0.2, 0.25) is 0 Å². The molecule has 1 rings (SSSR count). The van der Waals surface area contributed by atoms with Crippen molar-refractivity contribution in [2.75, 3.05) is 27.2 Å². The Bertz CT molecular complexity index is 281. The van der Waals surface area contributed by atoms with Gasteiger partial charge in [0.15, 0.2) is 0 Å². The van der Waals surface area contributed by atoms with Crippen LogP contribution in [0.1, 0.15) is 29.8 Å². The quantitative estimate of drug-likeness (QED) is 0.802. The predicted molar refractivity (Wildman–Crippen MR) is 68.6 cm³/mol. The summed E-state index contributed by atoms with van der Waals surface area (Å²) in [6.07, 6.45) is 1.18. The van der Waals surface area contributed by atoms with E-state index in [1.807, 2.05) is 11.3 Å². The Labute approximate surface area is 97.3 Å². The molecule has 86 valence electrons. The summed E-state index contributed by atoms with van der Waals surface area (Å²) in [6, 6.07) is 2.73. The summed E-state index contributed by atoms with van der Waals surface area (Å²) in [7, 11) is 4.26. The van der Waals surface area contributed by atoms with Gasteiger partial charge in [0.05, 0.1) is 0 Å². The molecule has 0 saturated carbocycles. The zero-order valence-electron chi connectivity index (χ0n) is 10.2. The van der Waals surface area contributed by atoms with Crippen LogP contribution in [0.2, 0.25) is 0 Å². The second kappa shape index (κ2) is 6.26. The van der Waals surface area contributed by atoms with Crippen LogP contribution in [0.3, 0.4) is 0 Å². The molecular weight excluding hydrogens is 204 g/mol. The van der Waals surface area contributed by atoms with Gasteiger partial charge in [0.1, 0.15) is 0 Å². The maximum absolute atomic E-state index is 3.56. The van der Waals surface area contributed by atoms with Crippen LogP contribution in [-0.4, -0.2) is 32.1 Å². The molecule has 15 heavy (non-hydrogen) atoms. The number of rotatable bonds is 6. The van der Waals surface area contributed by atoms with Crippen molar-refractivity contribution < 1.29 is 0 Å². The van der Waals surface area contributed by atoms with E-state index in [1.165, 1.54) is 16.9 Å². The van der Waals surface area contributed by atoms with E-state index in [2.05, 4.69) is 49.6 Å². The van der Waals surface area contributed by atoms with Crippen molar-refractivity contribution in [3.8, 4) is 0 Å². The highest BCUT2D eigenvalue weighted by Gasteiger charge is 2.13. The third-order valence-electron chi connectivity index (χ3n) is 2.53. The molecule has 1 aromatic rings. The zero-order chi connectivity index (χ0) is 11.3. The lowest BCUT2D eigenvalue weighted by molar-refractivity contribution is 0.364. The average Bonchev–Trinajstić information content (AvgIpc) is 2.59. The Morgan fingerprint density at radius 1 is 1.47 bits per heavy atom. The van der Waals surface area contributed by atoms with E-state index < -0.39 is 0 Å². The Balaban J connectivity index is 2.61. The first-order chi connectivity index (χ1) is 7.15. The first kappa shape index (κ1) is 12.7. The van der Waals surface area contributed by atoms with E-state index in [0.717, 1.165) is 13.1 Å². The van der Waals surface area contributed by atoms with Crippen LogP contribution in [0.5, 0.6) is 0 Å². The summed E-state index contributed by atoms with van der Waals surface area (Å²) in [5.74, 6) is 0. The Kier molecular flexibility index (Phi) is 5.29. The summed E-state index contributed by atoms with van der Waals surface area (Å²) < 4.78 is 0. The molecule has 2 nitrogen and oxygen atoms in total. The van der Waals surface area contributed by atoms with Gasteiger partial charge in [-0.15, -0.1) is 11.3 Å². The molecule has 0 aliphatic carbocycles. The third kappa shape index (κ3) is 3.93. The molecule has 0 aliphatic rings. The molecule has 1 aromatic heterocycles. The molecule has 1 atom stereocenters. The normalized spacial score (nSPS) is 13.4. The van der Waals surface area contributed by atoms with E-state index in [4.69, 9.17) is 0 Å². The van der Waals surface area contributed by atoms with Gasteiger partial charge in [0, 0.05) is 10.9 Å². The van der Waals surface area contributed by atoms with Crippen LogP contribution < -0.4 is 5.32 Å². The monoisotopic (exact) mass is 226 g/mol. The van der Waals surface area contributed by atoms with Gasteiger partial charge in [0.25, 0.3) is 0 Å². The van der Waals surface area contributed by atoms with Crippen molar-refractivity contribution in [1.29, 1.82) is 0 Å². The minimum absolute atomic E-state index is 0.525. The van der Waals surface area contributed by atoms with E-state index in [9.17, 15) is 0 Å². The van der Waals surface area contributed by atoms with Gasteiger partial charge in [-0.25, -0.2) is 0 Å². The van der Waals surface area contributed by atoms with Crippen LogP contribution in [0.25, 0.3) is 0 Å². The standard InChI is InChI=1S/C12H22N2S/c1-5-13-11(6-8-14(3)4)12-10(2)7-9-15-12/h7,9,11,13H,5-6,8H2,1-4H3. The fourth-order valence-corrected chi connectivity index (χ4v) is 2.74. The van der Waals surface area contributed by atoms with Crippen molar-refractivity contribution in [3.63, 3.8) is 0 Å². The minimum atomic E-state index is 0.525. The summed E-state index contributed by atoms with van der Waals surface area (Å²) in [6.45, 7) is 6.54. The van der Waals surface area contributed by atoms with Crippen LogP contribution in [0.15, 0.2) is 11.4 Å². The molecule has 0 aliphatic heterocycles. The number of aryl methyl sites for hydroxylation is 1. The van der Waals surface area contributed by atoms with Gasteiger partial charge in [-0.1, -0.05) is 6.92 Å². The molecule has 1 unspecified atom stereocenters. The minimum Gasteiger partial charge on any atom is -0.309 e. The molecule has 0 aromatic carbocycles. The lowest BCUT2D eigenvalue weighted by atomic mass is 10.1. The molecule has 0 bridgehead atoms. The topological polar surface area (TPSA) is 15.3 Å². The maximum Gasteiger partial charge on any atom is 0.0429 e. The fourth-order valence-electron chi connectivity index (χ4n) is 1.70. The largest absolute Gasteiger partial charge is 0.309 e. The number of hydrogen-bond donors (Lipinski definition) is 1. The van der Waals surface area contributed by atoms with Gasteiger partial charge in [-0.2, -0.15) is 0 Å². The second-order valence-electron chi connectivity index (χ2n) is 4.17. The summed E-state index contributed by atoms with van der Waals surface area (Å²) >= 11 is 1.87. The van der Waals surface area contributed by atoms with E-state index in [-0.39, 0.29) is 0 Å². The Hall–Kier alpha value is -0.380. The highest BCUT2D eigenvalue weighted by Crippen LogP contribution is 2.26. The lowest BCUT2D eigenvalue weighted by Crippen LogP contribution is -2.25. The predicted octanol–water partition coefficient (Wildman–Crippen LogP) is 2.66. The van der Waals surface area contributed by atoms with Crippen molar-refractivity contribution in [2.24, 2.45) is 0 Å². The van der Waals surface area contributed by atoms with E-state index >= 15 is 0 Å². The molecule has 1 heterocycles. The fraction of sp³-hybridized carbons (Fsp3) is 0.667. The highest BCUT2D eigenvalue weighted by atomic mass is 32.1. The molecule has 0 saturated heterocycles. The molecule has 0 fully saturated rings. The number of hydrogen-bond acceptors (Lipinski definition) is 3. The van der Waals surface area contributed by atoms with Crippen molar-refractivity contribution >= 4 is 11.3 Å². The van der Waals surface area contributed by atoms with Gasteiger partial charge in [-0.05, 0) is 57.5 Å². The van der Waals surface area contributed by atoms with Crippen LogP contribution >= 0.6 is 11.3 Å². The van der Waals surface area contributed by atoms with Crippen LogP contribution in [0, 0.1) is 6.92 Å². The first-order valence-electron chi connectivity index (χ1n) is 5.57. The smallest absolute Gasteiger partial charge is 0.0429 e. The van der Waals surface area contributed by atoms with Gasteiger partial charge < -0.3 is 10.2 Å². The second-order valence-corrected chi connectivity index (χ2v) is 5.12. The van der Waals surface area contributed by atoms with Crippen molar-refractivity contribution in [1.82, 2.24) is 10.2 Å². The van der Waals surface area contributed by atoms with Gasteiger partial charge in [-0.3, -0.25) is 0 Å². The molecule has 0 amide bonds. The van der Waals surface area contributed by atoms with Gasteiger partial charge >= 0.3 is 0 Å².